The first-order valence-electron chi connectivity index (χ1n) is 9.84. The number of aliphatic carboxylic acids is 1. The third-order valence-electron chi connectivity index (χ3n) is 5.02. The first-order chi connectivity index (χ1) is 14.8. The number of carboxylic acid groups (broad SMARTS) is 1. The maximum Gasteiger partial charge on any atom is 0.416 e. The second-order valence-corrected chi connectivity index (χ2v) is 7.27. The summed E-state index contributed by atoms with van der Waals surface area (Å²) in [6.45, 7) is 3.52. The molecule has 0 amide bonds. The predicted molar refractivity (Wildman–Crippen MR) is 111 cm³/mol. The minimum Gasteiger partial charge on any atom is -0.478 e. The molecule has 3 rings (SSSR count). The van der Waals surface area contributed by atoms with E-state index in [-0.39, 0.29) is 6.61 Å². The molecule has 1 N–H and O–H groups in total. The lowest BCUT2D eigenvalue weighted by Crippen LogP contribution is -2.34. The van der Waals surface area contributed by atoms with E-state index in [1.54, 1.807) is 24.3 Å². The van der Waals surface area contributed by atoms with Crippen molar-refractivity contribution in [2.45, 2.75) is 19.5 Å². The van der Waals surface area contributed by atoms with Crippen LogP contribution >= 0.6 is 0 Å². The van der Waals surface area contributed by atoms with E-state index in [4.69, 9.17) is 9.94 Å². The van der Waals surface area contributed by atoms with Crippen molar-refractivity contribution in [2.75, 3.05) is 26.2 Å². The van der Waals surface area contributed by atoms with E-state index >= 15 is 0 Å². The number of hydrogen-bond donors (Lipinski definition) is 1. The Balaban J connectivity index is 1.78. The molecule has 1 aliphatic rings. The van der Waals surface area contributed by atoms with Gasteiger partial charge in [0.25, 0.3) is 0 Å². The molecule has 0 unspecified atom stereocenters. The van der Waals surface area contributed by atoms with E-state index in [1.807, 2.05) is 24.0 Å². The van der Waals surface area contributed by atoms with Gasteiger partial charge in [0.05, 0.1) is 5.56 Å². The molecule has 0 saturated carbocycles. The first-order valence-corrected chi connectivity index (χ1v) is 9.84. The minimum atomic E-state index is -4.46. The molecule has 0 bridgehead atoms. The van der Waals surface area contributed by atoms with Crippen molar-refractivity contribution >= 4 is 11.7 Å². The Morgan fingerprint density at radius 1 is 1.19 bits per heavy atom. The minimum absolute atomic E-state index is 0.182. The Morgan fingerprint density at radius 3 is 2.68 bits per heavy atom. The van der Waals surface area contributed by atoms with E-state index in [1.165, 1.54) is 6.07 Å². The fraction of sp³-hybridized carbons (Fsp3) is 0.304. The Bertz CT molecular complexity index is 1000. The van der Waals surface area contributed by atoms with E-state index in [0.717, 1.165) is 17.7 Å². The smallest absolute Gasteiger partial charge is 0.416 e. The van der Waals surface area contributed by atoms with Crippen LogP contribution in [-0.2, 0) is 15.8 Å². The zero-order chi connectivity index (χ0) is 22.4. The predicted octanol–water partition coefficient (Wildman–Crippen LogP) is 4.50. The number of benzene rings is 2. The van der Waals surface area contributed by atoms with Crippen molar-refractivity contribution in [3.63, 3.8) is 0 Å². The Kier molecular flexibility index (Phi) is 7.12. The van der Waals surface area contributed by atoms with Gasteiger partial charge in [0.15, 0.2) is 0 Å². The van der Waals surface area contributed by atoms with Gasteiger partial charge < -0.3 is 9.94 Å². The van der Waals surface area contributed by atoms with Gasteiger partial charge >= 0.3 is 12.1 Å². The van der Waals surface area contributed by atoms with Gasteiger partial charge in [-0.2, -0.15) is 13.2 Å². The lowest BCUT2D eigenvalue weighted by atomic mass is 9.97. The highest BCUT2D eigenvalue weighted by atomic mass is 19.4. The lowest BCUT2D eigenvalue weighted by Gasteiger charge is -2.24. The Morgan fingerprint density at radius 2 is 1.97 bits per heavy atom. The lowest BCUT2D eigenvalue weighted by molar-refractivity contribution is -0.137. The quantitative estimate of drug-likeness (QED) is 0.398. The summed E-state index contributed by atoms with van der Waals surface area (Å²) in [5.41, 5.74) is 1.74. The summed E-state index contributed by atoms with van der Waals surface area (Å²) in [5.74, 6) is -0.935. The van der Waals surface area contributed by atoms with Crippen LogP contribution in [0.1, 0.15) is 28.7 Å². The molecular weight excluding hydrogens is 409 g/mol. The van der Waals surface area contributed by atoms with Gasteiger partial charge in [-0.3, -0.25) is 4.90 Å². The average Bonchev–Trinajstić information content (AvgIpc) is 2.74. The molecule has 0 saturated heterocycles. The molecule has 2 aromatic carbocycles. The molecule has 1 heterocycles. The van der Waals surface area contributed by atoms with Crippen LogP contribution < -0.4 is 0 Å². The number of carbonyl (C=O) groups is 1. The van der Waals surface area contributed by atoms with Crippen molar-refractivity contribution in [1.29, 1.82) is 0 Å². The summed E-state index contributed by atoms with van der Waals surface area (Å²) in [4.78, 5) is 18.6. The number of aryl methyl sites for hydroxylation is 1. The zero-order valence-electron chi connectivity index (χ0n) is 17.0. The van der Waals surface area contributed by atoms with Crippen LogP contribution in [-0.4, -0.2) is 47.9 Å². The highest BCUT2D eigenvalue weighted by molar-refractivity contribution is 6.13. The van der Waals surface area contributed by atoms with Crippen LogP contribution in [0.3, 0.4) is 0 Å². The zero-order valence-corrected chi connectivity index (χ0v) is 17.0. The fourth-order valence-electron chi connectivity index (χ4n) is 3.37. The van der Waals surface area contributed by atoms with Crippen molar-refractivity contribution in [3.8, 4) is 0 Å². The number of alkyl halides is 3. The summed E-state index contributed by atoms with van der Waals surface area (Å²) in [5, 5.41) is 13.3. The van der Waals surface area contributed by atoms with Crippen LogP contribution in [0.15, 0.2) is 65.3 Å². The van der Waals surface area contributed by atoms with E-state index < -0.39 is 17.7 Å². The van der Waals surface area contributed by atoms with Crippen LogP contribution in [0.5, 0.6) is 0 Å². The van der Waals surface area contributed by atoms with Gasteiger partial charge in [0, 0.05) is 36.3 Å². The van der Waals surface area contributed by atoms with Crippen LogP contribution in [0.4, 0.5) is 13.2 Å². The molecule has 0 spiro atoms. The third kappa shape index (κ3) is 5.95. The molecule has 1 aliphatic heterocycles. The van der Waals surface area contributed by atoms with Crippen molar-refractivity contribution in [2.24, 2.45) is 5.16 Å². The number of hydrogen-bond acceptors (Lipinski definition) is 4. The molecule has 31 heavy (non-hydrogen) atoms. The second kappa shape index (κ2) is 9.78. The molecule has 2 aromatic rings. The highest BCUT2D eigenvalue weighted by Gasteiger charge is 2.31. The SMILES string of the molecule is Cc1ccccc1/C(=N\OCCN1CCC=C(C(=O)O)C1)c1cccc(C(F)(F)F)c1. The molecule has 0 aliphatic carbocycles. The topological polar surface area (TPSA) is 62.1 Å². The van der Waals surface area contributed by atoms with Crippen LogP contribution in [0, 0.1) is 6.92 Å². The van der Waals surface area contributed by atoms with Gasteiger partial charge in [0.1, 0.15) is 12.3 Å². The van der Waals surface area contributed by atoms with E-state index in [2.05, 4.69) is 5.16 Å². The summed E-state index contributed by atoms with van der Waals surface area (Å²) < 4.78 is 39.6. The maximum atomic E-state index is 13.2. The molecule has 5 nitrogen and oxygen atoms in total. The van der Waals surface area contributed by atoms with Gasteiger partial charge in [0.2, 0.25) is 0 Å². The van der Waals surface area contributed by atoms with Gasteiger partial charge in [-0.1, -0.05) is 47.6 Å². The average molecular weight is 432 g/mol. The highest BCUT2D eigenvalue weighted by Crippen LogP contribution is 2.30. The summed E-state index contributed by atoms with van der Waals surface area (Å²) in [6.07, 6.45) is -2.11. The molecule has 0 fully saturated rings. The van der Waals surface area contributed by atoms with Gasteiger partial charge in [-0.25, -0.2) is 4.79 Å². The van der Waals surface area contributed by atoms with Crippen molar-refractivity contribution < 1.29 is 27.9 Å². The Hall–Kier alpha value is -3.13. The fourth-order valence-corrected chi connectivity index (χ4v) is 3.37. The number of carboxylic acids is 1. The molecule has 0 radical (unpaired) electrons. The largest absolute Gasteiger partial charge is 0.478 e. The standard InChI is InChI=1S/C23H23F3N2O3/c1-16-6-2-3-10-20(16)21(17-7-4-9-19(14-17)23(24,25)26)27-31-13-12-28-11-5-8-18(15-28)22(29)30/h2-4,6-10,14H,5,11-13,15H2,1H3,(H,29,30)/b27-21-. The number of oxime groups is 1. The molecule has 0 atom stereocenters. The number of nitrogens with zero attached hydrogens (tertiary/aromatic N) is 2. The van der Waals surface area contributed by atoms with Crippen molar-refractivity contribution in [1.82, 2.24) is 4.90 Å². The van der Waals surface area contributed by atoms with Crippen LogP contribution in [0.2, 0.25) is 0 Å². The van der Waals surface area contributed by atoms with Gasteiger partial charge in [-0.15, -0.1) is 0 Å². The number of halogens is 3. The monoisotopic (exact) mass is 432 g/mol. The van der Waals surface area contributed by atoms with Gasteiger partial charge in [-0.05, 0) is 31.0 Å². The third-order valence-corrected chi connectivity index (χ3v) is 5.02. The van der Waals surface area contributed by atoms with E-state index in [0.29, 0.717) is 48.5 Å². The second-order valence-electron chi connectivity index (χ2n) is 7.27. The summed E-state index contributed by atoms with van der Waals surface area (Å²) in [7, 11) is 0. The maximum absolute atomic E-state index is 13.2. The molecule has 164 valence electrons. The van der Waals surface area contributed by atoms with Crippen LogP contribution in [0.25, 0.3) is 0 Å². The summed E-state index contributed by atoms with van der Waals surface area (Å²) >= 11 is 0. The Labute approximate surface area is 178 Å². The normalized spacial score (nSPS) is 15.5. The molecular formula is C23H23F3N2O3. The van der Waals surface area contributed by atoms with Crippen molar-refractivity contribution in [3.05, 3.63) is 82.4 Å². The number of rotatable bonds is 7. The first kappa shape index (κ1) is 22.6. The summed E-state index contributed by atoms with van der Waals surface area (Å²) in [6, 6.07) is 12.3. The molecule has 0 aromatic heterocycles. The van der Waals surface area contributed by atoms with E-state index in [9.17, 15) is 18.0 Å². The molecule has 8 heteroatoms.